The number of carbonyl (C=O) groups is 1. The van der Waals surface area contributed by atoms with Crippen molar-refractivity contribution in [2.45, 2.75) is 13.3 Å². The van der Waals surface area contributed by atoms with Crippen LogP contribution >= 0.6 is 0 Å². The van der Waals surface area contributed by atoms with E-state index in [1.165, 1.54) is 6.92 Å². The van der Waals surface area contributed by atoms with Crippen molar-refractivity contribution in [3.8, 4) is 17.4 Å². The van der Waals surface area contributed by atoms with Gasteiger partial charge in [-0.3, -0.25) is 0 Å². The minimum absolute atomic E-state index is 0.0286. The minimum atomic E-state index is -5.05. The Kier molecular flexibility index (Phi) is 4.41. The van der Waals surface area contributed by atoms with Crippen molar-refractivity contribution in [2.24, 2.45) is 0 Å². The van der Waals surface area contributed by atoms with Crippen molar-refractivity contribution in [1.29, 1.82) is 0 Å². The van der Waals surface area contributed by atoms with E-state index in [0.29, 0.717) is 0 Å². The number of halogens is 3. The van der Waals surface area contributed by atoms with Gasteiger partial charge in [-0.15, -0.1) is 13.2 Å². The van der Waals surface area contributed by atoms with E-state index in [1.54, 1.807) is 0 Å². The summed E-state index contributed by atoms with van der Waals surface area (Å²) in [5, 5.41) is 9.59. The summed E-state index contributed by atoms with van der Waals surface area (Å²) >= 11 is 0. The van der Waals surface area contributed by atoms with Crippen LogP contribution in [0.4, 0.5) is 13.2 Å². The van der Waals surface area contributed by atoms with Gasteiger partial charge in [0, 0.05) is 0 Å². The van der Waals surface area contributed by atoms with Gasteiger partial charge in [0.25, 0.3) is 5.88 Å². The first kappa shape index (κ1) is 14.9. The fourth-order valence-electron chi connectivity index (χ4n) is 1.21. The molecule has 0 aliphatic heterocycles. The van der Waals surface area contributed by atoms with Gasteiger partial charge in [-0.25, -0.2) is 9.78 Å². The molecule has 1 rings (SSSR count). The van der Waals surface area contributed by atoms with E-state index in [-0.39, 0.29) is 12.4 Å². The highest BCUT2D eigenvalue weighted by Gasteiger charge is 2.35. The molecule has 0 unspecified atom stereocenters. The Morgan fingerprint density at radius 1 is 1.47 bits per heavy atom. The van der Waals surface area contributed by atoms with Crippen molar-refractivity contribution in [3.05, 3.63) is 11.8 Å². The van der Waals surface area contributed by atoms with Gasteiger partial charge in [0.05, 0.1) is 19.9 Å². The Hall–Kier alpha value is -2.19. The monoisotopic (exact) mass is 281 g/mol. The average molecular weight is 281 g/mol. The van der Waals surface area contributed by atoms with Crippen LogP contribution in [0.5, 0.6) is 17.4 Å². The number of ether oxygens (including phenoxy) is 3. The lowest BCUT2D eigenvalue weighted by atomic mass is 10.2. The first-order valence-electron chi connectivity index (χ1n) is 4.99. The van der Waals surface area contributed by atoms with Crippen LogP contribution in [0, 0.1) is 0 Å². The van der Waals surface area contributed by atoms with Crippen LogP contribution < -0.4 is 9.47 Å². The van der Waals surface area contributed by atoms with Gasteiger partial charge in [0.2, 0.25) is 0 Å². The highest BCUT2D eigenvalue weighted by Crippen LogP contribution is 2.37. The van der Waals surface area contributed by atoms with Crippen LogP contribution in [0.25, 0.3) is 0 Å². The van der Waals surface area contributed by atoms with E-state index in [2.05, 4.69) is 14.5 Å². The summed E-state index contributed by atoms with van der Waals surface area (Å²) in [6.45, 7) is 1.47. The number of alkyl halides is 3. The maximum Gasteiger partial charge on any atom is 0.574 e. The molecule has 106 valence electrons. The number of methoxy groups -OCH3 is 1. The Labute approximate surface area is 105 Å². The highest BCUT2D eigenvalue weighted by atomic mass is 19.4. The fraction of sp³-hybridized carbons (Fsp3) is 0.400. The van der Waals surface area contributed by atoms with Crippen LogP contribution in [-0.4, -0.2) is 36.1 Å². The molecule has 0 atom stereocenters. The molecule has 0 bridgehead atoms. The lowest BCUT2D eigenvalue weighted by Crippen LogP contribution is -2.19. The smallest absolute Gasteiger partial charge is 0.502 e. The van der Waals surface area contributed by atoms with Gasteiger partial charge >= 0.3 is 12.3 Å². The topological polar surface area (TPSA) is 77.9 Å². The van der Waals surface area contributed by atoms with Crippen LogP contribution in [-0.2, 0) is 4.74 Å². The van der Waals surface area contributed by atoms with Gasteiger partial charge in [-0.2, -0.15) is 0 Å². The quantitative estimate of drug-likeness (QED) is 0.849. The van der Waals surface area contributed by atoms with Crippen molar-refractivity contribution in [3.63, 3.8) is 0 Å². The van der Waals surface area contributed by atoms with Crippen molar-refractivity contribution in [1.82, 2.24) is 4.98 Å². The Balaban J connectivity index is 3.25. The van der Waals surface area contributed by atoms with Gasteiger partial charge in [-0.1, -0.05) is 0 Å². The van der Waals surface area contributed by atoms with Crippen LogP contribution in [0.15, 0.2) is 6.20 Å². The molecule has 1 N–H and O–H groups in total. The van der Waals surface area contributed by atoms with Gasteiger partial charge in [0.1, 0.15) is 0 Å². The molecular formula is C10H10F3NO5. The van der Waals surface area contributed by atoms with E-state index >= 15 is 0 Å². The largest absolute Gasteiger partial charge is 0.574 e. The molecule has 9 heteroatoms. The molecule has 1 aromatic heterocycles. The van der Waals surface area contributed by atoms with Gasteiger partial charge < -0.3 is 19.3 Å². The van der Waals surface area contributed by atoms with Crippen LogP contribution in [0.2, 0.25) is 0 Å². The molecule has 0 saturated carbocycles. The number of nitrogens with zero attached hydrogens (tertiary/aromatic N) is 1. The molecule has 0 radical (unpaired) electrons. The van der Waals surface area contributed by atoms with E-state index in [1.807, 2.05) is 0 Å². The zero-order valence-corrected chi connectivity index (χ0v) is 9.95. The maximum absolute atomic E-state index is 12.1. The molecule has 0 amide bonds. The SMILES string of the molecule is CCOC(=O)c1c(OC)cnc(OC(F)(F)F)c1O. The standard InChI is InChI=1S/C10H10F3NO5/c1-3-18-9(16)6-5(17-2)4-14-8(7(6)15)19-10(11,12)13/h4,15H,3H2,1-2H3. The molecular weight excluding hydrogens is 271 g/mol. The molecule has 0 fully saturated rings. The minimum Gasteiger partial charge on any atom is -0.502 e. The number of aromatic nitrogens is 1. The van der Waals surface area contributed by atoms with Crippen LogP contribution in [0.1, 0.15) is 17.3 Å². The lowest BCUT2D eigenvalue weighted by molar-refractivity contribution is -0.276. The van der Waals surface area contributed by atoms with Crippen molar-refractivity contribution >= 4 is 5.97 Å². The summed E-state index contributed by atoms with van der Waals surface area (Å²) in [6.07, 6.45) is -4.24. The van der Waals surface area contributed by atoms with Gasteiger partial charge in [0.15, 0.2) is 17.1 Å². The molecule has 1 aromatic rings. The van der Waals surface area contributed by atoms with Crippen molar-refractivity contribution in [2.75, 3.05) is 13.7 Å². The predicted molar refractivity (Wildman–Crippen MR) is 55.1 cm³/mol. The van der Waals surface area contributed by atoms with E-state index in [9.17, 15) is 23.1 Å². The second-order valence-electron chi connectivity index (χ2n) is 3.12. The molecule has 1 heterocycles. The first-order valence-corrected chi connectivity index (χ1v) is 4.99. The Morgan fingerprint density at radius 3 is 2.58 bits per heavy atom. The molecule has 6 nitrogen and oxygen atoms in total. The Morgan fingerprint density at radius 2 is 2.11 bits per heavy atom. The van der Waals surface area contributed by atoms with Gasteiger partial charge in [-0.05, 0) is 6.92 Å². The lowest BCUT2D eigenvalue weighted by Gasteiger charge is -2.13. The second kappa shape index (κ2) is 5.63. The summed E-state index contributed by atoms with van der Waals surface area (Å²) in [6, 6.07) is 0. The number of hydrogen-bond donors (Lipinski definition) is 1. The number of hydrogen-bond acceptors (Lipinski definition) is 6. The average Bonchev–Trinajstić information content (AvgIpc) is 2.30. The molecule has 0 spiro atoms. The molecule has 0 aliphatic carbocycles. The zero-order chi connectivity index (χ0) is 14.6. The summed E-state index contributed by atoms with van der Waals surface area (Å²) in [4.78, 5) is 14.7. The Bertz CT molecular complexity index is 475. The normalized spacial score (nSPS) is 11.0. The number of rotatable bonds is 4. The maximum atomic E-state index is 12.1. The number of esters is 1. The molecule has 0 saturated heterocycles. The third-order valence-electron chi connectivity index (χ3n) is 1.90. The van der Waals surface area contributed by atoms with E-state index < -0.39 is 29.5 Å². The number of aromatic hydroxyl groups is 1. The molecule has 19 heavy (non-hydrogen) atoms. The van der Waals surface area contributed by atoms with E-state index in [4.69, 9.17) is 4.74 Å². The number of pyridine rings is 1. The van der Waals surface area contributed by atoms with E-state index in [0.717, 1.165) is 13.3 Å². The fourth-order valence-corrected chi connectivity index (χ4v) is 1.21. The first-order chi connectivity index (χ1) is 8.80. The number of carbonyl (C=O) groups excluding carboxylic acids is 1. The summed E-state index contributed by atoms with van der Waals surface area (Å²) in [5.74, 6) is -3.54. The third kappa shape index (κ3) is 3.63. The zero-order valence-electron chi connectivity index (χ0n) is 9.95. The molecule has 0 aliphatic rings. The summed E-state index contributed by atoms with van der Waals surface area (Å²) in [7, 11) is 1.16. The third-order valence-corrected chi connectivity index (χ3v) is 1.90. The van der Waals surface area contributed by atoms with Crippen molar-refractivity contribution < 1.29 is 37.3 Å². The summed E-state index contributed by atoms with van der Waals surface area (Å²) in [5.41, 5.74) is -0.585. The highest BCUT2D eigenvalue weighted by molar-refractivity contribution is 5.96. The van der Waals surface area contributed by atoms with Crippen LogP contribution in [0.3, 0.4) is 0 Å². The summed E-state index contributed by atoms with van der Waals surface area (Å²) < 4.78 is 49.0. The second-order valence-corrected chi connectivity index (χ2v) is 3.12. The predicted octanol–water partition coefficient (Wildman–Crippen LogP) is 1.87. The molecule has 0 aromatic carbocycles.